The second-order valence-electron chi connectivity index (χ2n) is 5.40. The van der Waals surface area contributed by atoms with Crippen molar-refractivity contribution in [1.82, 2.24) is 9.78 Å². The Balaban J connectivity index is 2.12. The molecule has 2 N–H and O–H groups in total. The number of hydrogen-bond acceptors (Lipinski definition) is 3. The van der Waals surface area contributed by atoms with Crippen LogP contribution in [-0.2, 0) is 24.7 Å². The molecule has 2 rings (SSSR count). The number of rotatable bonds is 5. The molecule has 0 aliphatic heterocycles. The van der Waals surface area contributed by atoms with Gasteiger partial charge >= 0.3 is 0 Å². The average molecular weight is 249 g/mol. The minimum atomic E-state index is -0.253. The summed E-state index contributed by atoms with van der Waals surface area (Å²) in [7, 11) is 1.91. The predicted octanol–water partition coefficient (Wildman–Crippen LogP) is 1.61. The fourth-order valence-corrected chi connectivity index (χ4v) is 2.91. The van der Waals surface area contributed by atoms with Crippen LogP contribution in [-0.4, -0.2) is 22.1 Å². The molecule has 4 nitrogen and oxygen atoms in total. The Morgan fingerprint density at radius 2 is 2.17 bits per heavy atom. The molecule has 100 valence electrons. The first kappa shape index (κ1) is 13.3. The maximum absolute atomic E-state index is 12.5. The summed E-state index contributed by atoms with van der Waals surface area (Å²) in [6.07, 6.45) is 5.56. The summed E-state index contributed by atoms with van der Waals surface area (Å²) in [6, 6.07) is 2.04. The van der Waals surface area contributed by atoms with Crippen LogP contribution in [0, 0.1) is 5.41 Å². The molecular weight excluding hydrogens is 226 g/mol. The van der Waals surface area contributed by atoms with Crippen molar-refractivity contribution in [2.24, 2.45) is 18.2 Å². The molecular formula is C14H23N3O. The topological polar surface area (TPSA) is 60.9 Å². The number of aromatic nitrogens is 2. The van der Waals surface area contributed by atoms with E-state index in [1.54, 1.807) is 0 Å². The summed E-state index contributed by atoms with van der Waals surface area (Å²) in [6.45, 7) is 2.57. The van der Waals surface area contributed by atoms with Crippen molar-refractivity contribution in [2.75, 3.05) is 6.54 Å². The van der Waals surface area contributed by atoms with Crippen molar-refractivity contribution < 1.29 is 4.79 Å². The Labute approximate surface area is 109 Å². The molecule has 1 aromatic heterocycles. The minimum absolute atomic E-state index is 0.253. The normalized spacial score (nSPS) is 18.2. The first-order valence-electron chi connectivity index (χ1n) is 6.86. The van der Waals surface area contributed by atoms with Gasteiger partial charge in [0, 0.05) is 31.1 Å². The number of aryl methyl sites for hydroxylation is 2. The third-order valence-corrected chi connectivity index (χ3v) is 4.27. The molecule has 4 heteroatoms. The number of nitrogens with zero attached hydrogens (tertiary/aromatic N) is 2. The van der Waals surface area contributed by atoms with E-state index in [0.29, 0.717) is 18.7 Å². The zero-order valence-electron chi connectivity index (χ0n) is 11.4. The summed E-state index contributed by atoms with van der Waals surface area (Å²) in [5.41, 5.74) is 7.66. The van der Waals surface area contributed by atoms with E-state index < -0.39 is 0 Å². The lowest BCUT2D eigenvalue weighted by Crippen LogP contribution is -2.37. The van der Waals surface area contributed by atoms with Crippen molar-refractivity contribution in [1.29, 1.82) is 0 Å². The summed E-state index contributed by atoms with van der Waals surface area (Å²) < 4.78 is 1.83. The van der Waals surface area contributed by atoms with Gasteiger partial charge in [0.2, 0.25) is 0 Å². The first-order chi connectivity index (χ1) is 8.61. The largest absolute Gasteiger partial charge is 0.329 e. The number of ketones is 1. The van der Waals surface area contributed by atoms with Gasteiger partial charge in [-0.25, -0.2) is 0 Å². The maximum atomic E-state index is 12.5. The van der Waals surface area contributed by atoms with Gasteiger partial charge in [0.25, 0.3) is 0 Å². The Kier molecular flexibility index (Phi) is 3.85. The molecule has 0 amide bonds. The van der Waals surface area contributed by atoms with Crippen molar-refractivity contribution in [2.45, 2.75) is 45.4 Å². The van der Waals surface area contributed by atoms with Gasteiger partial charge in [-0.2, -0.15) is 5.10 Å². The van der Waals surface area contributed by atoms with E-state index in [4.69, 9.17) is 5.73 Å². The molecule has 1 fully saturated rings. The minimum Gasteiger partial charge on any atom is -0.329 e. The van der Waals surface area contributed by atoms with Crippen LogP contribution in [0.4, 0.5) is 0 Å². The van der Waals surface area contributed by atoms with Gasteiger partial charge in [-0.05, 0) is 25.3 Å². The van der Waals surface area contributed by atoms with Gasteiger partial charge in [0.1, 0.15) is 5.78 Å². The third kappa shape index (κ3) is 2.34. The van der Waals surface area contributed by atoms with Crippen LogP contribution in [0.15, 0.2) is 6.07 Å². The smallest absolute Gasteiger partial charge is 0.146 e. The van der Waals surface area contributed by atoms with Gasteiger partial charge in [0.05, 0.1) is 5.69 Å². The molecule has 0 radical (unpaired) electrons. The van der Waals surface area contributed by atoms with E-state index in [-0.39, 0.29) is 5.41 Å². The van der Waals surface area contributed by atoms with Crippen LogP contribution in [0.5, 0.6) is 0 Å². The van der Waals surface area contributed by atoms with Gasteiger partial charge in [-0.1, -0.05) is 19.8 Å². The van der Waals surface area contributed by atoms with Gasteiger partial charge in [0.15, 0.2) is 0 Å². The molecule has 0 atom stereocenters. The zero-order valence-corrected chi connectivity index (χ0v) is 11.4. The molecule has 1 saturated carbocycles. The Bertz CT molecular complexity index is 430. The molecule has 18 heavy (non-hydrogen) atoms. The lowest BCUT2D eigenvalue weighted by molar-refractivity contribution is -0.127. The van der Waals surface area contributed by atoms with Gasteiger partial charge in [-0.15, -0.1) is 0 Å². The van der Waals surface area contributed by atoms with Crippen LogP contribution < -0.4 is 5.73 Å². The second-order valence-corrected chi connectivity index (χ2v) is 5.40. The Hall–Kier alpha value is -1.16. The standard InChI is InChI=1S/C14H23N3O/c1-3-11-8-12(17(2)16-11)9-13(18)14(10-15)6-4-5-7-14/h8H,3-7,9-10,15H2,1-2H3. The highest BCUT2D eigenvalue weighted by molar-refractivity contribution is 5.87. The molecule has 1 aromatic rings. The molecule has 0 bridgehead atoms. The number of carbonyl (C=O) groups excluding carboxylic acids is 1. The summed E-state index contributed by atoms with van der Waals surface area (Å²) >= 11 is 0. The quantitative estimate of drug-likeness (QED) is 0.862. The molecule has 1 aliphatic carbocycles. The second kappa shape index (κ2) is 5.22. The lowest BCUT2D eigenvalue weighted by atomic mass is 9.80. The first-order valence-corrected chi connectivity index (χ1v) is 6.86. The van der Waals surface area contributed by atoms with Crippen molar-refractivity contribution in [3.63, 3.8) is 0 Å². The van der Waals surface area contributed by atoms with Crippen LogP contribution >= 0.6 is 0 Å². The van der Waals surface area contributed by atoms with Crippen molar-refractivity contribution >= 4 is 5.78 Å². The summed E-state index contributed by atoms with van der Waals surface area (Å²) in [5, 5.41) is 4.39. The number of carbonyl (C=O) groups is 1. The van der Waals surface area contributed by atoms with E-state index in [0.717, 1.165) is 43.5 Å². The van der Waals surface area contributed by atoms with E-state index in [1.165, 1.54) is 0 Å². The van der Waals surface area contributed by atoms with E-state index in [1.807, 2.05) is 17.8 Å². The van der Waals surface area contributed by atoms with Gasteiger partial charge in [-0.3, -0.25) is 9.48 Å². The fourth-order valence-electron chi connectivity index (χ4n) is 2.91. The van der Waals surface area contributed by atoms with Crippen LogP contribution in [0.2, 0.25) is 0 Å². The SMILES string of the molecule is CCc1cc(CC(=O)C2(CN)CCCC2)n(C)n1. The highest BCUT2D eigenvalue weighted by Gasteiger charge is 2.39. The molecule has 0 saturated heterocycles. The summed E-state index contributed by atoms with van der Waals surface area (Å²) in [5.74, 6) is 0.299. The number of nitrogens with two attached hydrogens (primary N) is 1. The van der Waals surface area contributed by atoms with Crippen molar-refractivity contribution in [3.05, 3.63) is 17.5 Å². The molecule has 0 unspecified atom stereocenters. The maximum Gasteiger partial charge on any atom is 0.146 e. The highest BCUT2D eigenvalue weighted by Crippen LogP contribution is 2.38. The fraction of sp³-hybridized carbons (Fsp3) is 0.714. The Morgan fingerprint density at radius 1 is 1.50 bits per heavy atom. The molecule has 1 heterocycles. The monoisotopic (exact) mass is 249 g/mol. The highest BCUT2D eigenvalue weighted by atomic mass is 16.1. The number of Topliss-reactive ketones (excluding diaryl/α,β-unsaturated/α-hetero) is 1. The van der Waals surface area contributed by atoms with Crippen LogP contribution in [0.3, 0.4) is 0 Å². The zero-order chi connectivity index (χ0) is 13.2. The van der Waals surface area contributed by atoms with Crippen molar-refractivity contribution in [3.8, 4) is 0 Å². The average Bonchev–Trinajstić information content (AvgIpc) is 2.97. The Morgan fingerprint density at radius 3 is 2.67 bits per heavy atom. The van der Waals surface area contributed by atoms with Crippen LogP contribution in [0.25, 0.3) is 0 Å². The van der Waals surface area contributed by atoms with E-state index >= 15 is 0 Å². The third-order valence-electron chi connectivity index (χ3n) is 4.27. The predicted molar refractivity (Wildman–Crippen MR) is 71.3 cm³/mol. The van der Waals surface area contributed by atoms with E-state index in [9.17, 15) is 4.79 Å². The molecule has 0 spiro atoms. The number of hydrogen-bond donors (Lipinski definition) is 1. The van der Waals surface area contributed by atoms with Crippen LogP contribution in [0.1, 0.15) is 44.0 Å². The molecule has 1 aliphatic rings. The van der Waals surface area contributed by atoms with E-state index in [2.05, 4.69) is 12.0 Å². The lowest BCUT2D eigenvalue weighted by Gasteiger charge is -2.25. The van der Waals surface area contributed by atoms with Gasteiger partial charge < -0.3 is 5.73 Å². The summed E-state index contributed by atoms with van der Waals surface area (Å²) in [4.78, 5) is 12.5. The molecule has 0 aromatic carbocycles.